The Morgan fingerprint density at radius 2 is 1.84 bits per heavy atom. The lowest BCUT2D eigenvalue weighted by Crippen LogP contribution is -2.42. The molecule has 1 aliphatic heterocycles. The van der Waals surface area contributed by atoms with Crippen LogP contribution in [0.2, 0.25) is 0 Å². The Morgan fingerprint density at radius 3 is 2.44 bits per heavy atom. The van der Waals surface area contributed by atoms with Crippen LogP contribution in [0, 0.1) is 0 Å². The Morgan fingerprint density at radius 1 is 1.16 bits per heavy atom. The normalized spacial score (nSPS) is 15.5. The standard InChI is InChI=1S/C24H37N5O2.HI/c1-5-18(6-2)22-15-21(31-28-22)16-26-24(25-3)27-17-23(29-13-7-8-14-29)19-9-11-20(30-4)12-10-19;/h9-12,15,18,23H,5-8,13-14,16-17H2,1-4H3,(H2,25,26,27);1H. The topological polar surface area (TPSA) is 74.9 Å². The van der Waals surface area contributed by atoms with Gasteiger partial charge in [-0.1, -0.05) is 31.1 Å². The third kappa shape index (κ3) is 7.10. The summed E-state index contributed by atoms with van der Waals surface area (Å²) in [6.45, 7) is 7.96. The zero-order valence-corrected chi connectivity index (χ0v) is 22.1. The average molecular weight is 556 g/mol. The maximum Gasteiger partial charge on any atom is 0.191 e. The maximum absolute atomic E-state index is 5.53. The number of likely N-dealkylation sites (tertiary alicyclic amines) is 1. The molecule has 1 atom stereocenters. The Balaban J connectivity index is 0.00000363. The number of rotatable bonds is 10. The van der Waals surface area contributed by atoms with Gasteiger partial charge in [0.1, 0.15) is 5.75 Å². The first-order valence-corrected chi connectivity index (χ1v) is 11.5. The summed E-state index contributed by atoms with van der Waals surface area (Å²) >= 11 is 0. The number of aromatic nitrogens is 1. The molecule has 0 spiro atoms. The lowest BCUT2D eigenvalue weighted by Gasteiger charge is -2.29. The molecule has 178 valence electrons. The van der Waals surface area contributed by atoms with Crippen LogP contribution in [0.3, 0.4) is 0 Å². The molecule has 0 amide bonds. The van der Waals surface area contributed by atoms with E-state index in [2.05, 4.69) is 57.7 Å². The summed E-state index contributed by atoms with van der Waals surface area (Å²) in [5.74, 6) is 2.93. The second kappa shape index (κ2) is 13.7. The molecule has 2 heterocycles. The first kappa shape index (κ1) is 26.4. The van der Waals surface area contributed by atoms with E-state index in [1.165, 1.54) is 18.4 Å². The van der Waals surface area contributed by atoms with Gasteiger partial charge in [-0.3, -0.25) is 9.89 Å². The van der Waals surface area contributed by atoms with Gasteiger partial charge in [0.2, 0.25) is 0 Å². The number of nitrogens with zero attached hydrogens (tertiary/aromatic N) is 3. The summed E-state index contributed by atoms with van der Waals surface area (Å²) in [5, 5.41) is 11.1. The number of hydrogen-bond acceptors (Lipinski definition) is 5. The summed E-state index contributed by atoms with van der Waals surface area (Å²) in [6, 6.07) is 10.7. The number of aliphatic imine (C=N–C) groups is 1. The predicted octanol–water partition coefficient (Wildman–Crippen LogP) is 4.71. The van der Waals surface area contributed by atoms with Gasteiger partial charge >= 0.3 is 0 Å². The largest absolute Gasteiger partial charge is 0.497 e. The van der Waals surface area contributed by atoms with Crippen LogP contribution >= 0.6 is 24.0 Å². The van der Waals surface area contributed by atoms with Crippen molar-refractivity contribution in [1.29, 1.82) is 0 Å². The summed E-state index contributed by atoms with van der Waals surface area (Å²) < 4.78 is 10.8. The molecule has 2 aromatic rings. The highest BCUT2D eigenvalue weighted by atomic mass is 127. The van der Waals surface area contributed by atoms with Gasteiger partial charge in [0.05, 0.1) is 25.4 Å². The number of halogens is 1. The van der Waals surface area contributed by atoms with Gasteiger partial charge in [0.25, 0.3) is 0 Å². The van der Waals surface area contributed by atoms with Gasteiger partial charge < -0.3 is 19.9 Å². The zero-order valence-electron chi connectivity index (χ0n) is 19.8. The molecule has 7 nitrogen and oxygen atoms in total. The van der Waals surface area contributed by atoms with E-state index in [1.807, 2.05) is 12.1 Å². The van der Waals surface area contributed by atoms with Crippen LogP contribution in [0.15, 0.2) is 39.8 Å². The predicted molar refractivity (Wildman–Crippen MR) is 140 cm³/mol. The summed E-state index contributed by atoms with van der Waals surface area (Å²) in [5.41, 5.74) is 2.33. The molecule has 32 heavy (non-hydrogen) atoms. The van der Waals surface area contributed by atoms with E-state index in [1.54, 1.807) is 14.2 Å². The Labute approximate surface area is 209 Å². The SMILES string of the molecule is CCC(CC)c1cc(CNC(=NC)NCC(c2ccc(OC)cc2)N2CCCC2)on1.I. The quantitative estimate of drug-likeness (QED) is 0.252. The molecule has 0 saturated carbocycles. The van der Waals surface area contributed by atoms with Crippen molar-refractivity contribution in [1.82, 2.24) is 20.7 Å². The molecule has 1 saturated heterocycles. The molecule has 3 rings (SSSR count). The summed E-state index contributed by atoms with van der Waals surface area (Å²) in [4.78, 5) is 6.93. The lowest BCUT2D eigenvalue weighted by molar-refractivity contribution is 0.245. The highest BCUT2D eigenvalue weighted by Gasteiger charge is 2.24. The van der Waals surface area contributed by atoms with Gasteiger partial charge in [-0.2, -0.15) is 0 Å². The van der Waals surface area contributed by atoms with Crippen molar-refractivity contribution in [3.63, 3.8) is 0 Å². The van der Waals surface area contributed by atoms with Crippen molar-refractivity contribution in [2.45, 2.75) is 58.0 Å². The van der Waals surface area contributed by atoms with Crippen molar-refractivity contribution in [2.75, 3.05) is 33.8 Å². The minimum absolute atomic E-state index is 0. The molecule has 1 aliphatic rings. The maximum atomic E-state index is 5.53. The Bertz CT molecular complexity index is 814. The van der Waals surface area contributed by atoms with Gasteiger partial charge in [0.15, 0.2) is 11.7 Å². The number of nitrogens with one attached hydrogen (secondary N) is 2. The monoisotopic (exact) mass is 555 g/mol. The van der Waals surface area contributed by atoms with Crippen LogP contribution in [-0.2, 0) is 6.54 Å². The Hall–Kier alpha value is -1.81. The molecule has 0 aliphatic carbocycles. The van der Waals surface area contributed by atoms with Crippen LogP contribution in [-0.4, -0.2) is 49.8 Å². The number of methoxy groups -OCH3 is 1. The van der Waals surface area contributed by atoms with Crippen molar-refractivity contribution in [2.24, 2.45) is 4.99 Å². The van der Waals surface area contributed by atoms with Crippen LogP contribution in [0.25, 0.3) is 0 Å². The summed E-state index contributed by atoms with van der Waals surface area (Å²) in [6.07, 6.45) is 4.65. The van der Waals surface area contributed by atoms with Crippen LogP contribution in [0.1, 0.15) is 68.5 Å². The molecule has 1 unspecified atom stereocenters. The Kier molecular flexibility index (Phi) is 11.3. The van der Waals surface area contributed by atoms with Gasteiger partial charge in [0, 0.05) is 25.6 Å². The third-order valence-corrected chi connectivity index (χ3v) is 6.18. The highest BCUT2D eigenvalue weighted by Crippen LogP contribution is 2.26. The van der Waals surface area contributed by atoms with E-state index in [-0.39, 0.29) is 24.0 Å². The molecular weight excluding hydrogens is 517 g/mol. The first-order chi connectivity index (χ1) is 15.2. The first-order valence-electron chi connectivity index (χ1n) is 11.5. The number of guanidine groups is 1. The van der Waals surface area contributed by atoms with E-state index >= 15 is 0 Å². The van der Waals surface area contributed by atoms with Crippen LogP contribution in [0.5, 0.6) is 5.75 Å². The van der Waals surface area contributed by atoms with E-state index in [4.69, 9.17) is 9.26 Å². The van der Waals surface area contributed by atoms with Crippen molar-refractivity contribution >= 4 is 29.9 Å². The fourth-order valence-electron chi connectivity index (χ4n) is 4.23. The van der Waals surface area contributed by atoms with E-state index in [0.29, 0.717) is 18.5 Å². The fraction of sp³-hybridized carbons (Fsp3) is 0.583. The van der Waals surface area contributed by atoms with Crippen molar-refractivity contribution in [3.8, 4) is 5.75 Å². The van der Waals surface area contributed by atoms with Gasteiger partial charge in [-0.25, -0.2) is 0 Å². The van der Waals surface area contributed by atoms with E-state index in [9.17, 15) is 0 Å². The van der Waals surface area contributed by atoms with Crippen LogP contribution in [0.4, 0.5) is 0 Å². The second-order valence-electron chi connectivity index (χ2n) is 8.07. The minimum atomic E-state index is 0. The third-order valence-electron chi connectivity index (χ3n) is 6.18. The molecule has 2 N–H and O–H groups in total. The molecular formula is C24H38IN5O2. The van der Waals surface area contributed by atoms with Crippen molar-refractivity contribution < 1.29 is 9.26 Å². The molecule has 1 fully saturated rings. The summed E-state index contributed by atoms with van der Waals surface area (Å²) in [7, 11) is 3.50. The zero-order chi connectivity index (χ0) is 22.1. The molecule has 1 aromatic carbocycles. The fourth-order valence-corrected chi connectivity index (χ4v) is 4.23. The van der Waals surface area contributed by atoms with E-state index in [0.717, 1.165) is 55.6 Å². The molecule has 0 bridgehead atoms. The molecule has 8 heteroatoms. The van der Waals surface area contributed by atoms with Gasteiger partial charge in [-0.05, 0) is 56.5 Å². The van der Waals surface area contributed by atoms with Gasteiger partial charge in [-0.15, -0.1) is 24.0 Å². The lowest BCUT2D eigenvalue weighted by atomic mass is 9.99. The minimum Gasteiger partial charge on any atom is -0.497 e. The number of ether oxygens (including phenoxy) is 1. The number of hydrogen-bond donors (Lipinski definition) is 2. The molecule has 1 aromatic heterocycles. The molecule has 0 radical (unpaired) electrons. The van der Waals surface area contributed by atoms with Crippen molar-refractivity contribution in [3.05, 3.63) is 47.3 Å². The highest BCUT2D eigenvalue weighted by molar-refractivity contribution is 14.0. The second-order valence-corrected chi connectivity index (χ2v) is 8.07. The number of benzene rings is 1. The smallest absolute Gasteiger partial charge is 0.191 e. The van der Waals surface area contributed by atoms with E-state index < -0.39 is 0 Å². The van der Waals surface area contributed by atoms with Crippen LogP contribution < -0.4 is 15.4 Å². The average Bonchev–Trinajstić information content (AvgIpc) is 3.50.